The Balaban J connectivity index is 0.000000172. The average molecular weight is 711 g/mol. The Labute approximate surface area is 287 Å². The molecule has 2 heterocycles. The monoisotopic (exact) mass is 708 g/mol. The summed E-state index contributed by atoms with van der Waals surface area (Å²) in [6.07, 6.45) is 4.31. The number of aryl methyl sites for hydroxylation is 2. The zero-order valence-electron chi connectivity index (χ0n) is 25.4. The number of hydrogen-bond acceptors (Lipinski definition) is 0. The van der Waals surface area contributed by atoms with Crippen LogP contribution in [0.5, 0.6) is 0 Å². The van der Waals surface area contributed by atoms with E-state index in [0.29, 0.717) is 0 Å². The first-order chi connectivity index (χ1) is 20.4. The van der Waals surface area contributed by atoms with E-state index in [1.54, 1.807) is 23.3 Å². The van der Waals surface area contributed by atoms with Gasteiger partial charge in [0.15, 0.2) is 0 Å². The van der Waals surface area contributed by atoms with Gasteiger partial charge in [0.2, 0.25) is 0 Å². The van der Waals surface area contributed by atoms with E-state index < -0.39 is 0 Å². The summed E-state index contributed by atoms with van der Waals surface area (Å²) in [6, 6.07) is 43.3. The smallest absolute Gasteiger partial charge is 0.0519 e. The van der Waals surface area contributed by atoms with Crippen molar-refractivity contribution in [2.75, 3.05) is 0 Å². The van der Waals surface area contributed by atoms with Crippen molar-refractivity contribution in [2.24, 2.45) is 0 Å². The second-order valence-corrected chi connectivity index (χ2v) is 20.5. The van der Waals surface area contributed by atoms with E-state index in [1.807, 2.05) is 0 Å². The minimum absolute atomic E-state index is 0. The normalized spacial score (nSPS) is 10.5. The number of hydrogen-bond donors (Lipinski definition) is 0. The van der Waals surface area contributed by atoms with Crippen molar-refractivity contribution in [1.29, 1.82) is 0 Å². The Morgan fingerprint density at radius 3 is 1.34 bits per heavy atom. The molecule has 6 aromatic carbocycles. The molecule has 2 aromatic heterocycles. The SMILES string of the molecule is C[Si](C)=[Zr+2].Cc1cc2c(-n3ccc4ccccc43)cccc2[cH-]1.Cc1cc2c(-n3ccc4ccccc43)cccc2[cH-]1.Cl.Cl. The molecule has 0 fully saturated rings. The first-order valence-corrected chi connectivity index (χ1v) is 20.5. The molecule has 0 saturated heterocycles. The zero-order valence-corrected chi connectivity index (χ0v) is 30.5. The van der Waals surface area contributed by atoms with Crippen LogP contribution in [0.25, 0.3) is 54.7 Å². The summed E-state index contributed by atoms with van der Waals surface area (Å²) < 4.78 is 4.55. The van der Waals surface area contributed by atoms with Crippen LogP contribution in [-0.4, -0.2) is 14.6 Å². The maximum absolute atomic E-state index is 2.31. The molecule has 0 aliphatic rings. The summed E-state index contributed by atoms with van der Waals surface area (Å²) in [5, 5.41) is 7.83. The van der Waals surface area contributed by atoms with Crippen LogP contribution in [0.1, 0.15) is 11.1 Å². The summed E-state index contributed by atoms with van der Waals surface area (Å²) in [6.45, 7) is 8.92. The van der Waals surface area contributed by atoms with Crippen LogP contribution < -0.4 is 0 Å². The van der Waals surface area contributed by atoms with Gasteiger partial charge in [-0.3, -0.25) is 0 Å². The summed E-state index contributed by atoms with van der Waals surface area (Å²) >= 11 is 1.74. The topological polar surface area (TPSA) is 9.86 Å². The molecule has 0 aliphatic heterocycles. The standard InChI is InChI=1S/2C18H14N.C2H6Si.2ClH.Zr/c2*1-13-11-15-6-4-8-18(16(15)12-13)19-10-9-14-5-2-3-7-17(14)19;1-3-2;;;/h2*2-12H,1H3;1-2H3;2*1H;/q2*-1;;;;+2. The molecule has 0 bridgehead atoms. The third-order valence-electron chi connectivity index (χ3n) is 7.46. The van der Waals surface area contributed by atoms with E-state index in [2.05, 4.69) is 170 Å². The van der Waals surface area contributed by atoms with Gasteiger partial charge in [0.1, 0.15) is 0 Å². The van der Waals surface area contributed by atoms with Gasteiger partial charge in [-0.2, -0.15) is 12.1 Å². The summed E-state index contributed by atoms with van der Waals surface area (Å²) in [5.74, 6) is 0. The van der Waals surface area contributed by atoms with Gasteiger partial charge in [-0.15, -0.1) is 93.9 Å². The van der Waals surface area contributed by atoms with E-state index >= 15 is 0 Å². The van der Waals surface area contributed by atoms with Crippen molar-refractivity contribution >= 4 is 73.6 Å². The molecule has 44 heavy (non-hydrogen) atoms. The predicted octanol–water partition coefficient (Wildman–Crippen LogP) is 11.2. The van der Waals surface area contributed by atoms with Crippen LogP contribution in [0, 0.1) is 13.8 Å². The molecule has 0 unspecified atom stereocenters. The van der Waals surface area contributed by atoms with Crippen molar-refractivity contribution in [2.45, 2.75) is 26.9 Å². The fourth-order valence-electron chi connectivity index (χ4n) is 5.74. The van der Waals surface area contributed by atoms with Gasteiger partial charge < -0.3 is 9.13 Å². The second-order valence-electron chi connectivity index (χ2n) is 11.1. The summed E-state index contributed by atoms with van der Waals surface area (Å²) in [4.78, 5) is 0. The van der Waals surface area contributed by atoms with Crippen molar-refractivity contribution in [3.8, 4) is 11.4 Å². The molecule has 0 radical (unpaired) electrons. The molecule has 6 heteroatoms. The van der Waals surface area contributed by atoms with Gasteiger partial charge in [0.25, 0.3) is 0 Å². The van der Waals surface area contributed by atoms with Crippen LogP contribution >= 0.6 is 24.8 Å². The van der Waals surface area contributed by atoms with E-state index in [4.69, 9.17) is 0 Å². The number of fused-ring (bicyclic) bond motifs is 4. The van der Waals surface area contributed by atoms with Crippen molar-refractivity contribution in [3.05, 3.63) is 145 Å². The quantitative estimate of drug-likeness (QED) is 0.125. The van der Waals surface area contributed by atoms with Gasteiger partial charge in [-0.05, 0) is 35.0 Å². The Morgan fingerprint density at radius 2 is 0.932 bits per heavy atom. The maximum atomic E-state index is 2.31. The Morgan fingerprint density at radius 1 is 0.545 bits per heavy atom. The maximum Gasteiger partial charge on any atom is 0.0519 e. The third-order valence-corrected chi connectivity index (χ3v) is 7.46. The number of para-hydroxylation sites is 2. The summed E-state index contributed by atoms with van der Waals surface area (Å²) in [7, 11) is 0. The van der Waals surface area contributed by atoms with E-state index in [9.17, 15) is 0 Å². The zero-order chi connectivity index (χ0) is 29.2. The summed E-state index contributed by atoms with van der Waals surface area (Å²) in [5.41, 5.74) is 7.88. The van der Waals surface area contributed by atoms with Gasteiger partial charge in [0.05, 0.1) is 11.0 Å². The van der Waals surface area contributed by atoms with Crippen molar-refractivity contribution in [1.82, 2.24) is 9.13 Å². The molecule has 0 saturated carbocycles. The molecule has 0 amide bonds. The Bertz CT molecular complexity index is 2030. The molecular weight excluding hydrogens is 675 g/mol. The Hall–Kier alpha value is -3.14. The molecule has 8 rings (SSSR count). The minimum atomic E-state index is 0. The molecule has 0 aliphatic carbocycles. The van der Waals surface area contributed by atoms with Crippen LogP contribution in [0.15, 0.2) is 134 Å². The fraction of sp³-hybridized carbons (Fsp3) is 0.105. The number of rotatable bonds is 2. The first kappa shape index (κ1) is 33.7. The largest absolute Gasteiger partial charge is 0.325 e. The number of halogens is 2. The number of benzene rings is 4. The second kappa shape index (κ2) is 14.8. The van der Waals surface area contributed by atoms with Gasteiger partial charge >= 0.3 is 41.9 Å². The molecule has 0 atom stereocenters. The van der Waals surface area contributed by atoms with Crippen molar-refractivity contribution in [3.63, 3.8) is 0 Å². The van der Waals surface area contributed by atoms with E-state index in [0.717, 1.165) is 0 Å². The molecule has 0 N–H and O–H groups in total. The molecule has 2 nitrogen and oxygen atoms in total. The van der Waals surface area contributed by atoms with E-state index in [1.165, 1.54) is 65.9 Å². The molecular formula is C38H36Cl2N2SiZr. The van der Waals surface area contributed by atoms with Crippen LogP contribution in [0.3, 0.4) is 0 Å². The third kappa shape index (κ3) is 7.05. The van der Waals surface area contributed by atoms with Crippen LogP contribution in [-0.2, 0) is 23.3 Å². The van der Waals surface area contributed by atoms with Crippen LogP contribution in [0.4, 0.5) is 0 Å². The predicted molar refractivity (Wildman–Crippen MR) is 194 cm³/mol. The molecule has 220 valence electrons. The molecule has 0 spiro atoms. The molecule has 8 aromatic rings. The van der Waals surface area contributed by atoms with Gasteiger partial charge in [-0.1, -0.05) is 62.4 Å². The Kier molecular flexibility index (Phi) is 11.3. The minimum Gasteiger partial charge on any atom is -0.325 e. The fourth-order valence-corrected chi connectivity index (χ4v) is 5.74. The number of aromatic nitrogens is 2. The first-order valence-electron chi connectivity index (χ1n) is 14.4. The van der Waals surface area contributed by atoms with Gasteiger partial charge in [-0.25, -0.2) is 0 Å². The van der Waals surface area contributed by atoms with Crippen molar-refractivity contribution < 1.29 is 23.3 Å². The van der Waals surface area contributed by atoms with Crippen LogP contribution in [0.2, 0.25) is 13.1 Å². The number of nitrogens with zero attached hydrogens (tertiary/aromatic N) is 2. The average Bonchev–Trinajstić information content (AvgIpc) is 3.76. The van der Waals surface area contributed by atoms with E-state index in [-0.39, 0.29) is 30.2 Å². The van der Waals surface area contributed by atoms with Gasteiger partial charge in [0, 0.05) is 23.8 Å².